The molecule has 3 heteroatoms. The summed E-state index contributed by atoms with van der Waals surface area (Å²) in [5.41, 5.74) is 10.2. The molecule has 0 bridgehead atoms. The molecule has 3 nitrogen and oxygen atoms in total. The zero-order valence-electron chi connectivity index (χ0n) is 26.6. The Morgan fingerprint density at radius 3 is 1.85 bits per heavy atom. The van der Waals surface area contributed by atoms with Gasteiger partial charge in [-0.05, 0) is 64.2 Å². The molecule has 9 aromatic rings. The standard InChI is InChI=1S/C44H33NO2/c1-44(2,3)29-20-22-30(23-21-29)45(31-24-25-35-33-13-6-8-17-39(33)46-41(35)27-31)38-26-19-28-11-4-5-12-32(28)42(38)37-16-10-15-36-34-14-7-9-18-40(34)47-43(36)37/h4-27H,1-3H3. The summed E-state index contributed by atoms with van der Waals surface area (Å²) in [5.74, 6) is 0. The predicted octanol–water partition coefficient (Wildman–Crippen LogP) is 13.1. The van der Waals surface area contributed by atoms with Gasteiger partial charge >= 0.3 is 0 Å². The molecule has 0 spiro atoms. The van der Waals surface area contributed by atoms with Crippen LogP contribution in [0.5, 0.6) is 0 Å². The first-order chi connectivity index (χ1) is 22.9. The molecule has 47 heavy (non-hydrogen) atoms. The van der Waals surface area contributed by atoms with Crippen molar-refractivity contribution in [3.63, 3.8) is 0 Å². The number of para-hydroxylation sites is 3. The third kappa shape index (κ3) is 4.42. The minimum atomic E-state index is 0.0432. The molecule has 0 atom stereocenters. The molecule has 0 unspecified atom stereocenters. The Morgan fingerprint density at radius 1 is 0.468 bits per heavy atom. The van der Waals surface area contributed by atoms with Gasteiger partial charge in [0.15, 0.2) is 0 Å². The van der Waals surface area contributed by atoms with Crippen LogP contribution in [0.15, 0.2) is 154 Å². The van der Waals surface area contributed by atoms with Crippen molar-refractivity contribution >= 4 is 71.7 Å². The van der Waals surface area contributed by atoms with Gasteiger partial charge < -0.3 is 13.7 Å². The first-order valence-corrected chi connectivity index (χ1v) is 16.2. The van der Waals surface area contributed by atoms with E-state index in [1.54, 1.807) is 0 Å². The quantitative estimate of drug-likeness (QED) is 0.199. The van der Waals surface area contributed by atoms with Crippen molar-refractivity contribution in [2.45, 2.75) is 26.2 Å². The highest BCUT2D eigenvalue weighted by Crippen LogP contribution is 2.48. The van der Waals surface area contributed by atoms with E-state index in [-0.39, 0.29) is 5.41 Å². The van der Waals surface area contributed by atoms with Gasteiger partial charge in [-0.25, -0.2) is 0 Å². The SMILES string of the molecule is CC(C)(C)c1ccc(N(c2ccc3c(c2)oc2ccccc23)c2ccc3ccccc3c2-c2cccc3c2oc2ccccc23)cc1. The molecule has 0 amide bonds. The van der Waals surface area contributed by atoms with E-state index in [4.69, 9.17) is 8.83 Å². The lowest BCUT2D eigenvalue weighted by atomic mass is 9.87. The van der Waals surface area contributed by atoms with Gasteiger partial charge in [-0.1, -0.05) is 118 Å². The van der Waals surface area contributed by atoms with Crippen LogP contribution >= 0.6 is 0 Å². The fraction of sp³-hybridized carbons (Fsp3) is 0.0909. The van der Waals surface area contributed by atoms with Crippen LogP contribution in [0.3, 0.4) is 0 Å². The molecule has 0 saturated heterocycles. The highest BCUT2D eigenvalue weighted by Gasteiger charge is 2.24. The van der Waals surface area contributed by atoms with E-state index in [9.17, 15) is 0 Å². The molecule has 0 N–H and O–H groups in total. The molecule has 0 aliphatic heterocycles. The maximum atomic E-state index is 6.64. The normalized spacial score (nSPS) is 12.1. The van der Waals surface area contributed by atoms with Gasteiger partial charge in [0.2, 0.25) is 0 Å². The van der Waals surface area contributed by atoms with E-state index in [1.165, 1.54) is 16.3 Å². The van der Waals surface area contributed by atoms with Crippen LogP contribution in [0.2, 0.25) is 0 Å². The molecule has 2 heterocycles. The number of nitrogens with zero attached hydrogens (tertiary/aromatic N) is 1. The summed E-state index contributed by atoms with van der Waals surface area (Å²) in [6.45, 7) is 6.76. The van der Waals surface area contributed by atoms with Crippen molar-refractivity contribution in [2.75, 3.05) is 4.90 Å². The molecule has 226 valence electrons. The second-order valence-electron chi connectivity index (χ2n) is 13.4. The first-order valence-electron chi connectivity index (χ1n) is 16.2. The topological polar surface area (TPSA) is 29.5 Å². The first kappa shape index (κ1) is 27.5. The lowest BCUT2D eigenvalue weighted by molar-refractivity contribution is 0.590. The average Bonchev–Trinajstić information content (AvgIpc) is 3.66. The van der Waals surface area contributed by atoms with Crippen molar-refractivity contribution in [3.05, 3.63) is 151 Å². The number of rotatable bonds is 4. The van der Waals surface area contributed by atoms with Crippen molar-refractivity contribution in [1.82, 2.24) is 0 Å². The van der Waals surface area contributed by atoms with Crippen molar-refractivity contribution in [3.8, 4) is 11.1 Å². The Bertz CT molecular complexity index is 2610. The van der Waals surface area contributed by atoms with E-state index in [1.807, 2.05) is 18.2 Å². The fourth-order valence-corrected chi connectivity index (χ4v) is 7.06. The van der Waals surface area contributed by atoms with Gasteiger partial charge in [-0.15, -0.1) is 0 Å². The number of benzene rings is 7. The maximum absolute atomic E-state index is 6.64. The molecule has 0 radical (unpaired) electrons. The number of hydrogen-bond acceptors (Lipinski definition) is 3. The van der Waals surface area contributed by atoms with Crippen LogP contribution in [0, 0.1) is 0 Å². The second-order valence-corrected chi connectivity index (χ2v) is 13.4. The molecular formula is C44H33NO2. The molecule has 9 rings (SSSR count). The minimum Gasteiger partial charge on any atom is -0.456 e. The van der Waals surface area contributed by atoms with Crippen molar-refractivity contribution in [2.24, 2.45) is 0 Å². The van der Waals surface area contributed by atoms with Crippen LogP contribution in [0.25, 0.3) is 65.8 Å². The number of fused-ring (bicyclic) bond motifs is 7. The molecule has 0 aliphatic carbocycles. The van der Waals surface area contributed by atoms with Gasteiger partial charge in [0.1, 0.15) is 22.3 Å². The maximum Gasteiger partial charge on any atom is 0.143 e. The third-order valence-electron chi connectivity index (χ3n) is 9.43. The largest absolute Gasteiger partial charge is 0.456 e. The van der Waals surface area contributed by atoms with Gasteiger partial charge in [0.05, 0.1) is 5.69 Å². The van der Waals surface area contributed by atoms with Gasteiger partial charge in [0.25, 0.3) is 0 Å². The summed E-state index contributed by atoms with van der Waals surface area (Å²) < 4.78 is 13.1. The Hall–Kier alpha value is -5.80. The Kier molecular flexibility index (Phi) is 6.07. The highest BCUT2D eigenvalue weighted by molar-refractivity contribution is 6.15. The third-order valence-corrected chi connectivity index (χ3v) is 9.43. The number of hydrogen-bond donors (Lipinski definition) is 0. The van der Waals surface area contributed by atoms with Crippen molar-refractivity contribution in [1.29, 1.82) is 0 Å². The lowest BCUT2D eigenvalue weighted by Crippen LogP contribution is -2.14. The molecule has 7 aromatic carbocycles. The summed E-state index contributed by atoms with van der Waals surface area (Å²) in [4.78, 5) is 2.36. The molecule has 0 fully saturated rings. The molecule has 0 aliphatic rings. The lowest BCUT2D eigenvalue weighted by Gasteiger charge is -2.29. The van der Waals surface area contributed by atoms with Crippen LogP contribution in [-0.2, 0) is 5.41 Å². The number of anilines is 3. The predicted molar refractivity (Wildman–Crippen MR) is 197 cm³/mol. The monoisotopic (exact) mass is 607 g/mol. The zero-order chi connectivity index (χ0) is 31.7. The molecule has 2 aromatic heterocycles. The summed E-state index contributed by atoms with van der Waals surface area (Å²) in [6.07, 6.45) is 0. The molecule has 0 saturated carbocycles. The fourth-order valence-electron chi connectivity index (χ4n) is 7.06. The van der Waals surface area contributed by atoms with E-state index in [0.29, 0.717) is 0 Å². The summed E-state index contributed by atoms with van der Waals surface area (Å²) in [5, 5.41) is 6.81. The van der Waals surface area contributed by atoms with Gasteiger partial charge in [-0.2, -0.15) is 0 Å². The molecular weight excluding hydrogens is 574 g/mol. The van der Waals surface area contributed by atoms with Crippen LogP contribution in [-0.4, -0.2) is 0 Å². The Labute approximate surface area is 273 Å². The smallest absolute Gasteiger partial charge is 0.143 e. The Morgan fingerprint density at radius 2 is 1.09 bits per heavy atom. The van der Waals surface area contributed by atoms with Gasteiger partial charge in [-0.3, -0.25) is 0 Å². The van der Waals surface area contributed by atoms with E-state index in [2.05, 4.69) is 153 Å². The minimum absolute atomic E-state index is 0.0432. The van der Waals surface area contributed by atoms with E-state index < -0.39 is 0 Å². The van der Waals surface area contributed by atoms with Crippen molar-refractivity contribution < 1.29 is 8.83 Å². The van der Waals surface area contributed by atoms with E-state index >= 15 is 0 Å². The number of furan rings is 2. The zero-order valence-corrected chi connectivity index (χ0v) is 26.6. The second kappa shape index (κ2) is 10.4. The van der Waals surface area contributed by atoms with Crippen LogP contribution in [0.1, 0.15) is 26.3 Å². The summed E-state index contributed by atoms with van der Waals surface area (Å²) in [6, 6.07) is 51.7. The summed E-state index contributed by atoms with van der Waals surface area (Å²) in [7, 11) is 0. The van der Waals surface area contributed by atoms with E-state index in [0.717, 1.165) is 72.1 Å². The Balaban J connectivity index is 1.36. The van der Waals surface area contributed by atoms with Crippen LogP contribution in [0.4, 0.5) is 17.1 Å². The van der Waals surface area contributed by atoms with Gasteiger partial charge in [0, 0.05) is 50.1 Å². The average molecular weight is 608 g/mol. The van der Waals surface area contributed by atoms with Crippen LogP contribution < -0.4 is 4.90 Å². The summed E-state index contributed by atoms with van der Waals surface area (Å²) >= 11 is 0. The highest BCUT2D eigenvalue weighted by atomic mass is 16.3.